The van der Waals surface area contributed by atoms with Crippen LogP contribution in [0.5, 0.6) is 0 Å². The number of allylic oxidation sites excluding steroid dienone is 2. The highest BCUT2D eigenvalue weighted by molar-refractivity contribution is 9.12. The van der Waals surface area contributed by atoms with Crippen molar-refractivity contribution in [2.24, 2.45) is 5.10 Å². The normalized spacial score (nSPS) is 18.5. The molecule has 0 fully saturated rings. The molecular weight excluding hydrogens is 244 g/mol. The van der Waals surface area contributed by atoms with E-state index in [0.717, 1.165) is 4.48 Å². The number of hydrogen-bond acceptors (Lipinski definition) is 4. The minimum Gasteiger partial charge on any atom is -0.205 e. The molecule has 0 aliphatic carbocycles. The lowest BCUT2D eigenvalue weighted by atomic mass is 10.6. The minimum absolute atomic E-state index is 0.238. The van der Waals surface area contributed by atoms with Gasteiger partial charge in [0.15, 0.2) is 0 Å². The number of hydrogen-bond donors (Lipinski definition) is 1. The maximum absolute atomic E-state index is 4.21. The van der Waals surface area contributed by atoms with Crippen LogP contribution in [0.1, 0.15) is 6.92 Å². The molecule has 1 atom stereocenters. The van der Waals surface area contributed by atoms with Crippen LogP contribution in [-0.2, 0) is 0 Å². The van der Waals surface area contributed by atoms with Crippen molar-refractivity contribution < 1.29 is 0 Å². The van der Waals surface area contributed by atoms with E-state index in [1.54, 1.807) is 4.41 Å². The maximum atomic E-state index is 4.21. The zero-order valence-electron chi connectivity index (χ0n) is 5.86. The second-order valence-corrected chi connectivity index (χ2v) is 5.15. The van der Waals surface area contributed by atoms with Gasteiger partial charge >= 0.3 is 0 Å². The van der Waals surface area contributed by atoms with Gasteiger partial charge in [0, 0.05) is 12.1 Å². The zero-order chi connectivity index (χ0) is 8.27. The molecule has 0 radical (unpaired) electrons. The van der Waals surface area contributed by atoms with E-state index in [-0.39, 0.29) is 4.58 Å². The standard InChI is InChI=1S/C6H7BrN2S2/c1-5(10)11-9-3-2-6(7)4-8-9/h2-3,5,10H,1H3. The molecule has 1 rings (SSSR count). The summed E-state index contributed by atoms with van der Waals surface area (Å²) in [6, 6.07) is 0. The summed E-state index contributed by atoms with van der Waals surface area (Å²) in [7, 11) is 0. The van der Waals surface area contributed by atoms with Crippen LogP contribution in [0.3, 0.4) is 0 Å². The predicted molar refractivity (Wildman–Crippen MR) is 56.9 cm³/mol. The van der Waals surface area contributed by atoms with E-state index in [1.165, 1.54) is 11.9 Å². The molecule has 5 heteroatoms. The van der Waals surface area contributed by atoms with Gasteiger partial charge < -0.3 is 0 Å². The topological polar surface area (TPSA) is 15.6 Å². The first-order valence-electron chi connectivity index (χ1n) is 3.00. The van der Waals surface area contributed by atoms with E-state index in [4.69, 9.17) is 0 Å². The minimum atomic E-state index is 0.238. The summed E-state index contributed by atoms with van der Waals surface area (Å²) in [6.45, 7) is 1.99. The van der Waals surface area contributed by atoms with Crippen LogP contribution in [0.15, 0.2) is 21.9 Å². The molecule has 0 amide bonds. The molecule has 1 unspecified atom stereocenters. The smallest absolute Gasteiger partial charge is 0.0823 e. The van der Waals surface area contributed by atoms with Gasteiger partial charge in [-0.25, -0.2) is 4.41 Å². The van der Waals surface area contributed by atoms with E-state index >= 15 is 0 Å². The Hall–Kier alpha value is 0.170. The first kappa shape index (κ1) is 9.26. The van der Waals surface area contributed by atoms with Gasteiger partial charge in [-0.2, -0.15) is 12.6 Å². The Labute approximate surface area is 84.1 Å². The third-order valence-corrected chi connectivity index (χ3v) is 2.31. The molecule has 0 saturated heterocycles. The van der Waals surface area contributed by atoms with E-state index < -0.39 is 0 Å². The molecule has 2 nitrogen and oxygen atoms in total. The van der Waals surface area contributed by atoms with Crippen LogP contribution in [0.2, 0.25) is 0 Å². The lowest BCUT2D eigenvalue weighted by Gasteiger charge is -2.14. The molecule has 1 aliphatic heterocycles. The van der Waals surface area contributed by atoms with Gasteiger partial charge in [0.25, 0.3) is 0 Å². The van der Waals surface area contributed by atoms with Crippen LogP contribution in [0.4, 0.5) is 0 Å². The molecule has 1 heterocycles. The van der Waals surface area contributed by atoms with Crippen molar-refractivity contribution in [1.82, 2.24) is 4.41 Å². The average molecular weight is 251 g/mol. The van der Waals surface area contributed by atoms with Crippen molar-refractivity contribution in [1.29, 1.82) is 0 Å². The predicted octanol–water partition coefficient (Wildman–Crippen LogP) is 2.60. The summed E-state index contributed by atoms with van der Waals surface area (Å²) in [5.74, 6) is 2.78. The molecule has 11 heavy (non-hydrogen) atoms. The summed E-state index contributed by atoms with van der Waals surface area (Å²) >= 11 is 8.99. The third kappa shape index (κ3) is 3.38. The van der Waals surface area contributed by atoms with Crippen LogP contribution in [0, 0.1) is 0 Å². The largest absolute Gasteiger partial charge is 0.205 e. The summed E-state index contributed by atoms with van der Waals surface area (Å²) in [4.78, 5) is 0. The van der Waals surface area contributed by atoms with Gasteiger partial charge in [-0.15, -0.1) is 5.10 Å². The number of nitrogens with zero attached hydrogens (tertiary/aromatic N) is 2. The molecule has 1 aliphatic rings. The zero-order valence-corrected chi connectivity index (χ0v) is 9.16. The van der Waals surface area contributed by atoms with Crippen molar-refractivity contribution in [3.8, 4) is 0 Å². The number of rotatable bonds is 2. The molecule has 0 spiro atoms. The SMILES string of the molecule is CC(S)SN1C=CC(Br)=C=N1. The van der Waals surface area contributed by atoms with Gasteiger partial charge in [0.05, 0.1) is 9.06 Å². The molecule has 0 saturated carbocycles. The summed E-state index contributed by atoms with van der Waals surface area (Å²) in [5, 5.41) is 3.98. The van der Waals surface area contributed by atoms with Crippen molar-refractivity contribution in [2.75, 3.05) is 0 Å². The fraction of sp³-hybridized carbons (Fsp3) is 0.333. The molecule has 60 valence electrons. The fourth-order valence-corrected chi connectivity index (χ4v) is 1.53. The second kappa shape index (κ2) is 4.26. The van der Waals surface area contributed by atoms with Crippen LogP contribution >= 0.6 is 40.5 Å². The van der Waals surface area contributed by atoms with Crippen molar-refractivity contribution >= 4 is 46.4 Å². The van der Waals surface area contributed by atoms with E-state index in [9.17, 15) is 0 Å². The molecule has 0 bridgehead atoms. The second-order valence-electron chi connectivity index (χ2n) is 1.88. The third-order valence-electron chi connectivity index (χ3n) is 0.864. The van der Waals surface area contributed by atoms with E-state index in [2.05, 4.69) is 39.5 Å². The Balaban J connectivity index is 2.54. The van der Waals surface area contributed by atoms with Gasteiger partial charge in [0.1, 0.15) is 0 Å². The lowest BCUT2D eigenvalue weighted by Crippen LogP contribution is -2.03. The highest BCUT2D eigenvalue weighted by atomic mass is 79.9. The molecule has 0 aromatic heterocycles. The summed E-state index contributed by atoms with van der Waals surface area (Å²) in [6.07, 6.45) is 3.74. The Kier molecular flexibility index (Phi) is 3.59. The molecule has 0 N–H and O–H groups in total. The van der Waals surface area contributed by atoms with Gasteiger partial charge in [-0.05, 0) is 40.9 Å². The van der Waals surface area contributed by atoms with Crippen molar-refractivity contribution in [3.05, 3.63) is 16.8 Å². The van der Waals surface area contributed by atoms with E-state index in [1.807, 2.05) is 19.2 Å². The monoisotopic (exact) mass is 250 g/mol. The highest BCUT2D eigenvalue weighted by Gasteiger charge is 2.03. The Bertz CT molecular complexity index is 231. The average Bonchev–Trinajstić information content (AvgIpc) is 1.93. The first-order valence-corrected chi connectivity index (χ1v) is 5.14. The van der Waals surface area contributed by atoms with Crippen LogP contribution < -0.4 is 0 Å². The van der Waals surface area contributed by atoms with Gasteiger partial charge in [-0.1, -0.05) is 0 Å². The highest BCUT2D eigenvalue weighted by Crippen LogP contribution is 2.22. The number of halogens is 1. The van der Waals surface area contributed by atoms with Gasteiger partial charge in [0.2, 0.25) is 0 Å². The fourth-order valence-electron chi connectivity index (χ4n) is 0.512. The Morgan fingerprint density at radius 1 is 1.91 bits per heavy atom. The number of hydrazone groups is 1. The summed E-state index contributed by atoms with van der Waals surface area (Å²) < 4.78 is 2.82. The van der Waals surface area contributed by atoms with E-state index in [0.29, 0.717) is 0 Å². The molecule has 0 aromatic rings. The van der Waals surface area contributed by atoms with Crippen molar-refractivity contribution in [2.45, 2.75) is 11.5 Å². The van der Waals surface area contributed by atoms with Gasteiger partial charge in [-0.3, -0.25) is 0 Å². The quantitative estimate of drug-likeness (QED) is 0.461. The first-order chi connectivity index (χ1) is 5.18. The summed E-state index contributed by atoms with van der Waals surface area (Å²) in [5.41, 5.74) is 0. The Morgan fingerprint density at radius 3 is 3.09 bits per heavy atom. The van der Waals surface area contributed by atoms with Crippen LogP contribution in [-0.4, -0.2) is 14.9 Å². The molecule has 0 aromatic carbocycles. The lowest BCUT2D eigenvalue weighted by molar-refractivity contribution is 0.678. The van der Waals surface area contributed by atoms with Crippen molar-refractivity contribution in [3.63, 3.8) is 0 Å². The number of thiol groups is 1. The van der Waals surface area contributed by atoms with Crippen LogP contribution in [0.25, 0.3) is 0 Å². The Morgan fingerprint density at radius 2 is 2.64 bits per heavy atom. The maximum Gasteiger partial charge on any atom is 0.0823 e. The molecular formula is C6H7BrN2S2.